The average molecular weight is 497 g/mol. The smallest absolute Gasteiger partial charge is 0.339 e. The van der Waals surface area contributed by atoms with E-state index in [0.717, 1.165) is 25.0 Å². The van der Waals surface area contributed by atoms with Crippen LogP contribution in [0.1, 0.15) is 37.1 Å². The highest BCUT2D eigenvalue weighted by atomic mass is 35.5. The van der Waals surface area contributed by atoms with Gasteiger partial charge in [-0.05, 0) is 68.8 Å². The van der Waals surface area contributed by atoms with Gasteiger partial charge in [-0.3, -0.25) is 9.69 Å². The molecule has 1 N–H and O–H groups in total. The molecule has 0 aliphatic carbocycles. The van der Waals surface area contributed by atoms with Gasteiger partial charge in [0.1, 0.15) is 5.82 Å². The minimum atomic E-state index is -4.66. The zero-order chi connectivity index (χ0) is 24.5. The molecule has 1 fully saturated rings. The van der Waals surface area contributed by atoms with Crippen molar-refractivity contribution in [2.45, 2.75) is 37.9 Å². The lowest BCUT2D eigenvalue weighted by Crippen LogP contribution is -2.46. The zero-order valence-electron chi connectivity index (χ0n) is 18.1. The maximum atomic E-state index is 13.4. The second-order valence-electron chi connectivity index (χ2n) is 8.15. The van der Waals surface area contributed by atoms with Gasteiger partial charge >= 0.3 is 6.18 Å². The molecule has 1 amide bonds. The van der Waals surface area contributed by atoms with E-state index >= 15 is 0 Å². The van der Waals surface area contributed by atoms with Crippen LogP contribution in [0.4, 0.5) is 23.2 Å². The summed E-state index contributed by atoms with van der Waals surface area (Å²) in [7, 11) is 0. The third-order valence-corrected chi connectivity index (χ3v) is 6.05. The van der Waals surface area contributed by atoms with Crippen molar-refractivity contribution in [3.05, 3.63) is 64.8 Å². The van der Waals surface area contributed by atoms with Crippen LogP contribution in [0.2, 0.25) is 5.02 Å². The summed E-state index contributed by atoms with van der Waals surface area (Å²) in [5, 5.41) is 6.28. The molecule has 0 saturated carbocycles. The number of hydrogen-bond donors (Lipinski definition) is 1. The second kappa shape index (κ2) is 9.71. The topological polar surface area (TPSA) is 71.3 Å². The van der Waals surface area contributed by atoms with Crippen molar-refractivity contribution in [3.63, 3.8) is 0 Å². The largest absolute Gasteiger partial charge is 0.418 e. The van der Waals surface area contributed by atoms with E-state index < -0.39 is 23.7 Å². The molecule has 2 unspecified atom stereocenters. The van der Waals surface area contributed by atoms with Crippen molar-refractivity contribution >= 4 is 23.2 Å². The first-order valence-corrected chi connectivity index (χ1v) is 11.0. The number of alkyl halides is 3. The standard InChI is InChI=1S/C23H21ClF4N4O2/c1-13(21(33)29-19-9-6-16(24)11-18(19)23(26,27)28)32-10-2-3-15(12-32)22-30-20(31-34-22)14-4-7-17(25)8-5-14/h4-9,11,13,15H,2-3,10,12H2,1H3,(H,29,33). The van der Waals surface area contributed by atoms with Gasteiger partial charge in [0.2, 0.25) is 17.6 Å². The monoisotopic (exact) mass is 496 g/mol. The Morgan fingerprint density at radius 1 is 1.24 bits per heavy atom. The second-order valence-corrected chi connectivity index (χ2v) is 8.59. The number of anilines is 1. The van der Waals surface area contributed by atoms with Crippen LogP contribution >= 0.6 is 11.6 Å². The van der Waals surface area contributed by atoms with E-state index in [0.29, 0.717) is 30.4 Å². The highest BCUT2D eigenvalue weighted by Gasteiger charge is 2.36. The van der Waals surface area contributed by atoms with Gasteiger partial charge in [-0.25, -0.2) is 4.39 Å². The maximum Gasteiger partial charge on any atom is 0.418 e. The van der Waals surface area contributed by atoms with Crippen LogP contribution in [-0.4, -0.2) is 40.1 Å². The van der Waals surface area contributed by atoms with Crippen LogP contribution in [0.5, 0.6) is 0 Å². The highest BCUT2D eigenvalue weighted by molar-refractivity contribution is 6.30. The zero-order valence-corrected chi connectivity index (χ0v) is 18.8. The third kappa shape index (κ3) is 5.39. The molecule has 3 aromatic rings. The molecule has 11 heteroatoms. The van der Waals surface area contributed by atoms with E-state index in [-0.39, 0.29) is 22.4 Å². The lowest BCUT2D eigenvalue weighted by molar-refractivity contribution is -0.137. The molecule has 2 atom stereocenters. The maximum absolute atomic E-state index is 13.4. The molecular weight excluding hydrogens is 476 g/mol. The number of carbonyl (C=O) groups excluding carboxylic acids is 1. The van der Waals surface area contributed by atoms with Gasteiger partial charge in [0.05, 0.1) is 23.2 Å². The number of aromatic nitrogens is 2. The molecule has 180 valence electrons. The Morgan fingerprint density at radius 2 is 1.97 bits per heavy atom. The van der Waals surface area contributed by atoms with Gasteiger partial charge in [-0.15, -0.1) is 0 Å². The fourth-order valence-electron chi connectivity index (χ4n) is 3.94. The first-order valence-electron chi connectivity index (χ1n) is 10.6. The Labute approximate surface area is 197 Å². The summed E-state index contributed by atoms with van der Waals surface area (Å²) in [6, 6.07) is 8.24. The fourth-order valence-corrected chi connectivity index (χ4v) is 4.11. The Hall–Kier alpha value is -2.98. The summed E-state index contributed by atoms with van der Waals surface area (Å²) < 4.78 is 58.6. The van der Waals surface area contributed by atoms with E-state index in [1.54, 1.807) is 19.1 Å². The minimum Gasteiger partial charge on any atom is -0.339 e. The number of nitrogens with one attached hydrogen (secondary N) is 1. The van der Waals surface area contributed by atoms with E-state index in [9.17, 15) is 22.4 Å². The van der Waals surface area contributed by atoms with Crippen molar-refractivity contribution in [2.24, 2.45) is 0 Å². The Kier molecular flexibility index (Phi) is 6.90. The molecule has 1 saturated heterocycles. The summed E-state index contributed by atoms with van der Waals surface area (Å²) in [6.45, 7) is 2.65. The van der Waals surface area contributed by atoms with Gasteiger partial charge in [-0.1, -0.05) is 16.8 Å². The number of halogens is 5. The molecule has 2 heterocycles. The van der Waals surface area contributed by atoms with Crippen LogP contribution in [-0.2, 0) is 11.0 Å². The van der Waals surface area contributed by atoms with Crippen molar-refractivity contribution < 1.29 is 26.9 Å². The van der Waals surface area contributed by atoms with Crippen molar-refractivity contribution in [3.8, 4) is 11.4 Å². The van der Waals surface area contributed by atoms with Crippen molar-refractivity contribution in [1.82, 2.24) is 15.0 Å². The van der Waals surface area contributed by atoms with Crippen molar-refractivity contribution in [2.75, 3.05) is 18.4 Å². The Bertz CT molecular complexity index is 1170. The molecule has 1 aromatic heterocycles. The highest BCUT2D eigenvalue weighted by Crippen LogP contribution is 2.37. The van der Waals surface area contributed by atoms with E-state index in [2.05, 4.69) is 15.5 Å². The van der Waals surface area contributed by atoms with Gasteiger partial charge < -0.3 is 9.84 Å². The van der Waals surface area contributed by atoms with E-state index in [1.807, 2.05) is 4.90 Å². The first-order chi connectivity index (χ1) is 16.1. The normalized spacial score (nSPS) is 18.0. The molecule has 4 rings (SSSR count). The summed E-state index contributed by atoms with van der Waals surface area (Å²) in [4.78, 5) is 19.1. The van der Waals surface area contributed by atoms with E-state index in [4.69, 9.17) is 16.1 Å². The lowest BCUT2D eigenvalue weighted by Gasteiger charge is -2.34. The quantitative estimate of drug-likeness (QED) is 0.455. The minimum absolute atomic E-state index is 0.0724. The van der Waals surface area contributed by atoms with Gasteiger partial charge in [0, 0.05) is 17.1 Å². The molecular formula is C23H21ClF4N4O2. The van der Waals surface area contributed by atoms with Gasteiger partial charge in [-0.2, -0.15) is 18.2 Å². The predicted octanol–water partition coefficient (Wildman–Crippen LogP) is 5.75. The third-order valence-electron chi connectivity index (χ3n) is 5.82. The van der Waals surface area contributed by atoms with Crippen LogP contribution in [0, 0.1) is 5.82 Å². The number of benzene rings is 2. The average Bonchev–Trinajstić information content (AvgIpc) is 3.30. The predicted molar refractivity (Wildman–Crippen MR) is 118 cm³/mol. The fraction of sp³-hybridized carbons (Fsp3) is 0.348. The number of piperidine rings is 1. The number of likely N-dealkylation sites (tertiary alicyclic amines) is 1. The Balaban J connectivity index is 1.44. The molecule has 0 spiro atoms. The van der Waals surface area contributed by atoms with Gasteiger partial charge in [0.15, 0.2) is 0 Å². The summed E-state index contributed by atoms with van der Waals surface area (Å²) in [6.07, 6.45) is -3.16. The number of nitrogens with zero attached hydrogens (tertiary/aromatic N) is 3. The van der Waals surface area contributed by atoms with Crippen LogP contribution in [0.15, 0.2) is 47.0 Å². The SMILES string of the molecule is CC(C(=O)Nc1ccc(Cl)cc1C(F)(F)F)N1CCCC(c2nc(-c3ccc(F)cc3)no2)C1. The Morgan fingerprint density at radius 3 is 2.68 bits per heavy atom. The van der Waals surface area contributed by atoms with E-state index in [1.165, 1.54) is 18.2 Å². The van der Waals surface area contributed by atoms with Crippen molar-refractivity contribution in [1.29, 1.82) is 0 Å². The summed E-state index contributed by atoms with van der Waals surface area (Å²) in [5.41, 5.74) is -0.736. The molecule has 34 heavy (non-hydrogen) atoms. The molecule has 1 aliphatic rings. The number of hydrogen-bond acceptors (Lipinski definition) is 5. The molecule has 6 nitrogen and oxygen atoms in total. The molecule has 0 bridgehead atoms. The first kappa shape index (κ1) is 24.2. The summed E-state index contributed by atoms with van der Waals surface area (Å²) >= 11 is 5.71. The number of rotatable bonds is 5. The summed E-state index contributed by atoms with van der Waals surface area (Å²) in [5.74, 6) is -0.351. The molecule has 2 aromatic carbocycles. The van der Waals surface area contributed by atoms with Gasteiger partial charge in [0.25, 0.3) is 0 Å². The molecule has 0 radical (unpaired) electrons. The van der Waals surface area contributed by atoms with Crippen LogP contribution in [0.25, 0.3) is 11.4 Å². The number of carbonyl (C=O) groups is 1. The molecule has 1 aliphatic heterocycles. The van der Waals surface area contributed by atoms with Crippen LogP contribution in [0.3, 0.4) is 0 Å². The van der Waals surface area contributed by atoms with Crippen LogP contribution < -0.4 is 5.32 Å². The lowest BCUT2D eigenvalue weighted by atomic mass is 9.96. The number of amides is 1.